The number of hydrogen-bond donors (Lipinski definition) is 2. The molecule has 0 aromatic carbocycles. The molecule has 1 unspecified atom stereocenters. The van der Waals surface area contributed by atoms with Gasteiger partial charge in [0.25, 0.3) is 0 Å². The lowest BCUT2D eigenvalue weighted by atomic mass is 9.97. The number of ketones is 1. The molecule has 0 aliphatic carbocycles. The summed E-state index contributed by atoms with van der Waals surface area (Å²) >= 11 is 0. The summed E-state index contributed by atoms with van der Waals surface area (Å²) < 4.78 is 0. The summed E-state index contributed by atoms with van der Waals surface area (Å²) in [6.45, 7) is 4.11. The van der Waals surface area contributed by atoms with Gasteiger partial charge < -0.3 is 11.1 Å². The number of Topliss-reactive ketones (excluding diaryl/α,β-unsaturated/α-hetero) is 1. The molecule has 0 saturated heterocycles. The van der Waals surface area contributed by atoms with Gasteiger partial charge in [0.05, 0.1) is 12.1 Å². The fourth-order valence-electron chi connectivity index (χ4n) is 1.30. The van der Waals surface area contributed by atoms with E-state index in [4.69, 9.17) is 5.73 Å². The third kappa shape index (κ3) is 1.93. The second-order valence-corrected chi connectivity index (χ2v) is 3.27. The zero-order valence-electron chi connectivity index (χ0n) is 6.85. The first kappa shape index (κ1) is 8.04. The molecule has 0 aromatic heterocycles. The van der Waals surface area contributed by atoms with E-state index in [1.54, 1.807) is 6.92 Å². The number of carbonyl (C=O) groups excluding carboxylic acids is 1. The maximum Gasteiger partial charge on any atom is 0.189 e. The first-order valence-corrected chi connectivity index (χ1v) is 3.59. The topological polar surface area (TPSA) is 67.5 Å². The van der Waals surface area contributed by atoms with E-state index in [0.29, 0.717) is 18.9 Å². The van der Waals surface area contributed by atoms with Gasteiger partial charge in [0.1, 0.15) is 5.78 Å². The standard InChI is InChI=1S/C7H13N3O/c1-5(11)3-7(2)4-9-6(8)10-7/h3-4H2,1-2H3,(H3,8,9,10). The highest BCUT2D eigenvalue weighted by atomic mass is 16.1. The summed E-state index contributed by atoms with van der Waals surface area (Å²) in [5.74, 6) is 0.596. The molecule has 62 valence electrons. The number of aliphatic imine (C=N–C) groups is 1. The van der Waals surface area contributed by atoms with Gasteiger partial charge in [-0.2, -0.15) is 0 Å². The molecule has 1 aliphatic heterocycles. The van der Waals surface area contributed by atoms with Crippen LogP contribution in [0.1, 0.15) is 20.3 Å². The van der Waals surface area contributed by atoms with Crippen molar-refractivity contribution in [2.75, 3.05) is 6.54 Å². The van der Waals surface area contributed by atoms with Crippen LogP contribution in [0.5, 0.6) is 0 Å². The average Bonchev–Trinajstić information content (AvgIpc) is 2.08. The molecule has 4 heteroatoms. The minimum absolute atomic E-state index is 0.157. The molecule has 0 amide bonds. The molecule has 0 radical (unpaired) electrons. The van der Waals surface area contributed by atoms with E-state index in [-0.39, 0.29) is 11.3 Å². The second-order valence-electron chi connectivity index (χ2n) is 3.27. The monoisotopic (exact) mass is 155 g/mol. The predicted octanol–water partition coefficient (Wildman–Crippen LogP) is -0.358. The lowest BCUT2D eigenvalue weighted by Gasteiger charge is -2.22. The lowest BCUT2D eigenvalue weighted by Crippen LogP contribution is -2.46. The molecule has 1 aliphatic rings. The van der Waals surface area contributed by atoms with Gasteiger partial charge in [-0.15, -0.1) is 0 Å². The van der Waals surface area contributed by atoms with Crippen LogP contribution < -0.4 is 11.1 Å². The number of rotatable bonds is 2. The quantitative estimate of drug-likeness (QED) is 0.572. The Kier molecular flexibility index (Phi) is 1.85. The van der Waals surface area contributed by atoms with E-state index < -0.39 is 0 Å². The summed E-state index contributed by atoms with van der Waals surface area (Å²) in [6, 6.07) is 0. The van der Waals surface area contributed by atoms with Crippen LogP contribution in [-0.2, 0) is 4.79 Å². The molecule has 1 heterocycles. The maximum absolute atomic E-state index is 10.8. The Balaban J connectivity index is 2.52. The number of nitrogens with zero attached hydrogens (tertiary/aromatic N) is 1. The molecular formula is C7H13N3O. The molecule has 0 spiro atoms. The molecule has 4 nitrogen and oxygen atoms in total. The van der Waals surface area contributed by atoms with Crippen molar-refractivity contribution in [2.45, 2.75) is 25.8 Å². The number of hydrogen-bond acceptors (Lipinski definition) is 4. The van der Waals surface area contributed by atoms with Crippen molar-refractivity contribution in [3.63, 3.8) is 0 Å². The van der Waals surface area contributed by atoms with Crippen molar-refractivity contribution in [1.82, 2.24) is 5.32 Å². The van der Waals surface area contributed by atoms with Crippen LogP contribution in [0.25, 0.3) is 0 Å². The summed E-state index contributed by atoms with van der Waals surface area (Å²) in [6.07, 6.45) is 0.483. The number of guanidine groups is 1. The van der Waals surface area contributed by atoms with E-state index in [1.165, 1.54) is 0 Å². The minimum Gasteiger partial charge on any atom is -0.370 e. The van der Waals surface area contributed by atoms with Gasteiger partial charge in [-0.3, -0.25) is 9.79 Å². The number of carbonyl (C=O) groups is 1. The smallest absolute Gasteiger partial charge is 0.189 e. The van der Waals surface area contributed by atoms with E-state index in [9.17, 15) is 4.79 Å². The van der Waals surface area contributed by atoms with Crippen LogP contribution in [0.15, 0.2) is 4.99 Å². The van der Waals surface area contributed by atoms with Crippen LogP contribution in [0.3, 0.4) is 0 Å². The molecular weight excluding hydrogens is 142 g/mol. The minimum atomic E-state index is -0.240. The fraction of sp³-hybridized carbons (Fsp3) is 0.714. The van der Waals surface area contributed by atoms with Gasteiger partial charge >= 0.3 is 0 Å². The van der Waals surface area contributed by atoms with E-state index in [2.05, 4.69) is 10.3 Å². The molecule has 1 atom stereocenters. The molecule has 3 N–H and O–H groups in total. The molecule has 0 fully saturated rings. The third-order valence-electron chi connectivity index (χ3n) is 1.67. The fourth-order valence-corrected chi connectivity index (χ4v) is 1.30. The normalized spacial score (nSPS) is 29.5. The van der Waals surface area contributed by atoms with Gasteiger partial charge in [-0.05, 0) is 13.8 Å². The van der Waals surface area contributed by atoms with Gasteiger partial charge in [0.15, 0.2) is 5.96 Å². The first-order valence-electron chi connectivity index (χ1n) is 3.59. The zero-order valence-corrected chi connectivity index (χ0v) is 6.85. The van der Waals surface area contributed by atoms with Crippen molar-refractivity contribution in [2.24, 2.45) is 10.7 Å². The Morgan fingerprint density at radius 1 is 1.91 bits per heavy atom. The average molecular weight is 155 g/mol. The highest BCUT2D eigenvalue weighted by Gasteiger charge is 2.30. The lowest BCUT2D eigenvalue weighted by molar-refractivity contribution is -0.118. The first-order chi connectivity index (χ1) is 5.02. The van der Waals surface area contributed by atoms with Crippen LogP contribution in [0.2, 0.25) is 0 Å². The Morgan fingerprint density at radius 3 is 2.91 bits per heavy atom. The van der Waals surface area contributed by atoms with E-state index in [0.717, 1.165) is 0 Å². The molecule has 11 heavy (non-hydrogen) atoms. The van der Waals surface area contributed by atoms with Crippen molar-refractivity contribution >= 4 is 11.7 Å². The highest BCUT2D eigenvalue weighted by Crippen LogP contribution is 2.14. The largest absolute Gasteiger partial charge is 0.370 e. The number of nitrogens with one attached hydrogen (secondary N) is 1. The number of nitrogens with two attached hydrogens (primary N) is 1. The third-order valence-corrected chi connectivity index (χ3v) is 1.67. The highest BCUT2D eigenvalue weighted by molar-refractivity contribution is 5.83. The molecule has 1 rings (SSSR count). The van der Waals surface area contributed by atoms with Crippen LogP contribution in [0, 0.1) is 0 Å². The summed E-state index contributed by atoms with van der Waals surface area (Å²) in [4.78, 5) is 14.8. The van der Waals surface area contributed by atoms with Gasteiger partial charge in [-0.1, -0.05) is 0 Å². The summed E-state index contributed by atoms with van der Waals surface area (Å²) in [7, 11) is 0. The Bertz CT molecular complexity index is 212. The zero-order chi connectivity index (χ0) is 8.48. The van der Waals surface area contributed by atoms with Gasteiger partial charge in [0, 0.05) is 6.42 Å². The van der Waals surface area contributed by atoms with Crippen LogP contribution in [-0.4, -0.2) is 23.8 Å². The van der Waals surface area contributed by atoms with Crippen molar-refractivity contribution < 1.29 is 4.79 Å². The van der Waals surface area contributed by atoms with Crippen molar-refractivity contribution in [1.29, 1.82) is 0 Å². The molecule has 0 aromatic rings. The Labute approximate surface area is 65.9 Å². The predicted molar refractivity (Wildman–Crippen MR) is 43.3 cm³/mol. The van der Waals surface area contributed by atoms with Gasteiger partial charge in [-0.25, -0.2) is 0 Å². The summed E-state index contributed by atoms with van der Waals surface area (Å²) in [5.41, 5.74) is 5.17. The SMILES string of the molecule is CC(=O)CC1(C)CN=C(N)N1. The Morgan fingerprint density at radius 2 is 2.55 bits per heavy atom. The van der Waals surface area contributed by atoms with Crippen molar-refractivity contribution in [3.8, 4) is 0 Å². The summed E-state index contributed by atoms with van der Waals surface area (Å²) in [5, 5.41) is 2.97. The maximum atomic E-state index is 10.8. The Hall–Kier alpha value is -1.06. The van der Waals surface area contributed by atoms with Crippen molar-refractivity contribution in [3.05, 3.63) is 0 Å². The molecule has 0 bridgehead atoms. The second kappa shape index (κ2) is 2.53. The van der Waals surface area contributed by atoms with Crippen LogP contribution in [0.4, 0.5) is 0 Å². The van der Waals surface area contributed by atoms with E-state index in [1.807, 2.05) is 6.92 Å². The van der Waals surface area contributed by atoms with Crippen LogP contribution >= 0.6 is 0 Å². The van der Waals surface area contributed by atoms with Gasteiger partial charge in [0.2, 0.25) is 0 Å². The molecule has 0 saturated carbocycles. The van der Waals surface area contributed by atoms with E-state index >= 15 is 0 Å².